The molecule has 2 aromatic rings. The molecular weight excluding hydrogens is 460 g/mol. The van der Waals surface area contributed by atoms with Crippen LogP contribution in [0.2, 0.25) is 0 Å². The minimum atomic E-state index is -0.850. The van der Waals surface area contributed by atoms with Gasteiger partial charge >= 0.3 is 0 Å². The number of fused-ring (bicyclic) bond motifs is 1. The first kappa shape index (κ1) is 24.1. The molecular formula is C27H32N4O5. The van der Waals surface area contributed by atoms with Gasteiger partial charge in [-0.15, -0.1) is 0 Å². The zero-order valence-electron chi connectivity index (χ0n) is 20.2. The van der Waals surface area contributed by atoms with Crippen LogP contribution in [-0.4, -0.2) is 66.5 Å². The molecule has 3 N–H and O–H groups in total. The molecule has 36 heavy (non-hydrogen) atoms. The standard InChI is InChI=1S/C27H32N4O5/c28-25(32)24(18-6-2-1-3-7-18)29-26(33)20-8-4-5-9-21(20)30-12-14-31(15-13-30)27(34)19-10-11-22-23(16-19)36-17-35-22/h1-3,6-7,10-11,16,20-21,24H,4-5,8-9,12-15,17H2,(H2,28,32)(H,29,33)/t20-,21-,24+/m1/s1. The van der Waals surface area contributed by atoms with Gasteiger partial charge < -0.3 is 25.4 Å². The van der Waals surface area contributed by atoms with E-state index in [1.54, 1.807) is 30.3 Å². The van der Waals surface area contributed by atoms with Gasteiger partial charge in [0.25, 0.3) is 5.91 Å². The molecule has 2 heterocycles. The van der Waals surface area contributed by atoms with Gasteiger partial charge in [-0.1, -0.05) is 43.2 Å². The molecule has 2 aromatic carbocycles. The highest BCUT2D eigenvalue weighted by molar-refractivity contribution is 5.95. The highest BCUT2D eigenvalue weighted by Gasteiger charge is 2.38. The summed E-state index contributed by atoms with van der Waals surface area (Å²) in [6.07, 6.45) is 3.72. The number of rotatable bonds is 6. The fourth-order valence-electron chi connectivity index (χ4n) is 5.54. The summed E-state index contributed by atoms with van der Waals surface area (Å²) in [4.78, 5) is 42.7. The molecule has 1 saturated carbocycles. The summed E-state index contributed by atoms with van der Waals surface area (Å²) in [7, 11) is 0. The number of amides is 3. The molecule has 0 unspecified atom stereocenters. The largest absolute Gasteiger partial charge is 0.454 e. The summed E-state index contributed by atoms with van der Waals surface area (Å²) in [6, 6.07) is 13.6. The molecule has 2 aliphatic heterocycles. The van der Waals surface area contributed by atoms with E-state index in [2.05, 4.69) is 10.2 Å². The Kier molecular flexibility index (Phi) is 7.09. The number of nitrogens with zero attached hydrogens (tertiary/aromatic N) is 2. The Morgan fingerprint density at radius 1 is 0.917 bits per heavy atom. The van der Waals surface area contributed by atoms with E-state index in [0.29, 0.717) is 48.8 Å². The summed E-state index contributed by atoms with van der Waals surface area (Å²) >= 11 is 0. The number of hydrogen-bond acceptors (Lipinski definition) is 6. The maximum Gasteiger partial charge on any atom is 0.254 e. The average Bonchev–Trinajstić information content (AvgIpc) is 3.40. The molecule has 9 heteroatoms. The van der Waals surface area contributed by atoms with E-state index in [0.717, 1.165) is 25.7 Å². The Bertz CT molecular complexity index is 1120. The monoisotopic (exact) mass is 492 g/mol. The predicted molar refractivity (Wildman–Crippen MR) is 132 cm³/mol. The van der Waals surface area contributed by atoms with E-state index in [1.165, 1.54) is 0 Å². The predicted octanol–water partition coefficient (Wildman–Crippen LogP) is 2.07. The molecule has 190 valence electrons. The Morgan fingerprint density at radius 3 is 2.39 bits per heavy atom. The minimum Gasteiger partial charge on any atom is -0.454 e. The smallest absolute Gasteiger partial charge is 0.254 e. The van der Waals surface area contributed by atoms with Gasteiger partial charge in [-0.25, -0.2) is 0 Å². The number of nitrogens with two attached hydrogens (primary N) is 1. The van der Waals surface area contributed by atoms with Crippen molar-refractivity contribution in [3.05, 3.63) is 59.7 Å². The molecule has 1 aliphatic carbocycles. The van der Waals surface area contributed by atoms with Crippen molar-refractivity contribution in [3.63, 3.8) is 0 Å². The van der Waals surface area contributed by atoms with Gasteiger partial charge in [0.05, 0.1) is 5.92 Å². The van der Waals surface area contributed by atoms with E-state index >= 15 is 0 Å². The summed E-state index contributed by atoms with van der Waals surface area (Å²) in [5, 5.41) is 2.91. The number of nitrogens with one attached hydrogen (secondary N) is 1. The molecule has 0 aromatic heterocycles. The quantitative estimate of drug-likeness (QED) is 0.638. The van der Waals surface area contributed by atoms with Gasteiger partial charge in [0.15, 0.2) is 11.5 Å². The topological polar surface area (TPSA) is 114 Å². The molecule has 3 amide bonds. The number of hydrogen-bond donors (Lipinski definition) is 2. The van der Waals surface area contributed by atoms with E-state index < -0.39 is 11.9 Å². The first-order chi connectivity index (χ1) is 17.5. The van der Waals surface area contributed by atoms with Gasteiger partial charge in [-0.2, -0.15) is 0 Å². The van der Waals surface area contributed by atoms with Gasteiger partial charge in [0.1, 0.15) is 6.04 Å². The lowest BCUT2D eigenvalue weighted by molar-refractivity contribution is -0.133. The number of ether oxygens (including phenoxy) is 2. The van der Waals surface area contributed by atoms with Gasteiger partial charge in [0, 0.05) is 37.8 Å². The lowest BCUT2D eigenvalue weighted by Crippen LogP contribution is -2.56. The normalized spacial score (nSPS) is 22.6. The van der Waals surface area contributed by atoms with Crippen LogP contribution in [0.1, 0.15) is 47.6 Å². The minimum absolute atomic E-state index is 0.0296. The average molecular weight is 493 g/mol. The molecule has 1 saturated heterocycles. The maximum atomic E-state index is 13.4. The fourth-order valence-corrected chi connectivity index (χ4v) is 5.54. The summed E-state index contributed by atoms with van der Waals surface area (Å²) in [6.45, 7) is 2.75. The van der Waals surface area contributed by atoms with E-state index in [9.17, 15) is 14.4 Å². The van der Waals surface area contributed by atoms with Crippen molar-refractivity contribution in [3.8, 4) is 11.5 Å². The van der Waals surface area contributed by atoms with Gasteiger partial charge in [-0.05, 0) is 36.6 Å². The van der Waals surface area contributed by atoms with E-state index in [1.807, 2.05) is 23.1 Å². The lowest BCUT2D eigenvalue weighted by atomic mass is 9.82. The van der Waals surface area contributed by atoms with Crippen LogP contribution in [0.4, 0.5) is 0 Å². The maximum absolute atomic E-state index is 13.4. The van der Waals surface area contributed by atoms with Crippen molar-refractivity contribution < 1.29 is 23.9 Å². The van der Waals surface area contributed by atoms with E-state index in [4.69, 9.17) is 15.2 Å². The Hall–Kier alpha value is -3.59. The molecule has 0 bridgehead atoms. The van der Waals surface area contributed by atoms with Crippen molar-refractivity contribution >= 4 is 17.7 Å². The second-order valence-electron chi connectivity index (χ2n) is 9.61. The molecule has 5 rings (SSSR count). The summed E-state index contributed by atoms with van der Waals surface area (Å²) in [5.74, 6) is 0.298. The van der Waals surface area contributed by atoms with Gasteiger partial charge in [-0.3, -0.25) is 19.3 Å². The molecule has 0 radical (unpaired) electrons. The van der Waals surface area contributed by atoms with Crippen LogP contribution in [-0.2, 0) is 9.59 Å². The number of benzene rings is 2. The molecule has 2 fully saturated rings. The number of piperazine rings is 1. The first-order valence-corrected chi connectivity index (χ1v) is 12.6. The van der Waals surface area contributed by atoms with Gasteiger partial charge in [0.2, 0.25) is 18.6 Å². The third kappa shape index (κ3) is 5.02. The Balaban J connectivity index is 1.22. The van der Waals surface area contributed by atoms with Crippen LogP contribution >= 0.6 is 0 Å². The van der Waals surface area contributed by atoms with Crippen LogP contribution < -0.4 is 20.5 Å². The second kappa shape index (κ2) is 10.6. The van der Waals surface area contributed by atoms with Crippen LogP contribution in [0.25, 0.3) is 0 Å². The molecule has 3 atom stereocenters. The lowest BCUT2D eigenvalue weighted by Gasteiger charge is -2.44. The number of carbonyl (C=O) groups excluding carboxylic acids is 3. The third-order valence-corrected chi connectivity index (χ3v) is 7.46. The summed E-state index contributed by atoms with van der Waals surface area (Å²) < 4.78 is 10.7. The molecule has 9 nitrogen and oxygen atoms in total. The SMILES string of the molecule is NC(=O)[C@@H](NC(=O)[C@@H]1CCCC[C@H]1N1CCN(C(=O)c2ccc3c(c2)OCO3)CC1)c1ccccc1. The molecule has 0 spiro atoms. The van der Waals surface area contributed by atoms with Crippen LogP contribution in [0.15, 0.2) is 48.5 Å². The Morgan fingerprint density at radius 2 is 1.64 bits per heavy atom. The highest BCUT2D eigenvalue weighted by Crippen LogP contribution is 2.33. The van der Waals surface area contributed by atoms with Crippen molar-refractivity contribution in [2.45, 2.75) is 37.8 Å². The Labute approximate surface area is 210 Å². The van der Waals surface area contributed by atoms with Crippen LogP contribution in [0, 0.1) is 5.92 Å². The first-order valence-electron chi connectivity index (χ1n) is 12.6. The van der Waals surface area contributed by atoms with Crippen LogP contribution in [0.3, 0.4) is 0 Å². The van der Waals surface area contributed by atoms with E-state index in [-0.39, 0.29) is 30.6 Å². The fraction of sp³-hybridized carbons (Fsp3) is 0.444. The number of primary amides is 1. The van der Waals surface area contributed by atoms with Crippen molar-refractivity contribution in [2.75, 3.05) is 33.0 Å². The second-order valence-corrected chi connectivity index (χ2v) is 9.61. The zero-order valence-corrected chi connectivity index (χ0v) is 20.2. The van der Waals surface area contributed by atoms with Crippen LogP contribution in [0.5, 0.6) is 11.5 Å². The van der Waals surface area contributed by atoms with Crippen molar-refractivity contribution in [1.82, 2.24) is 15.1 Å². The number of carbonyl (C=O) groups is 3. The van der Waals surface area contributed by atoms with Crippen molar-refractivity contribution in [1.29, 1.82) is 0 Å². The molecule has 3 aliphatic rings. The zero-order chi connectivity index (χ0) is 25.1. The van der Waals surface area contributed by atoms with Crippen molar-refractivity contribution in [2.24, 2.45) is 11.7 Å². The third-order valence-electron chi connectivity index (χ3n) is 7.46. The summed E-state index contributed by atoms with van der Waals surface area (Å²) in [5.41, 5.74) is 6.90. The highest BCUT2D eigenvalue weighted by atomic mass is 16.7.